The second-order valence-corrected chi connectivity index (χ2v) is 7.28. The number of carboxylic acids is 1. The van der Waals surface area contributed by atoms with Gasteiger partial charge in [0.1, 0.15) is 17.6 Å². The number of esters is 1. The maximum absolute atomic E-state index is 12.5. The largest absolute Gasteiger partial charge is 0.478 e. The van der Waals surface area contributed by atoms with E-state index < -0.39 is 29.1 Å². The molecule has 150 valence electrons. The zero-order valence-electron chi connectivity index (χ0n) is 15.8. The second-order valence-electron chi connectivity index (χ2n) is 6.29. The topological polar surface area (TPSA) is 114 Å². The molecule has 9 heteroatoms. The van der Waals surface area contributed by atoms with Crippen molar-refractivity contribution in [3.05, 3.63) is 52.1 Å². The highest BCUT2D eigenvalue weighted by atomic mass is 32.2. The number of nitrogens with zero attached hydrogens (tertiary/aromatic N) is 1. The van der Waals surface area contributed by atoms with E-state index in [0.29, 0.717) is 28.8 Å². The standard InChI is InChI=1S/C20H17NO7S/c1-10-4-5-12(18(23)24)8-14(10)15-7-6-13(28-15)9-16-17(22)21(20(26)29-16)11(2)19(25)27-3/h4-9,11H,1-3H3,(H,23,24)/b16-9-. The number of carbonyl (C=O) groups is 4. The average molecular weight is 415 g/mol. The summed E-state index contributed by atoms with van der Waals surface area (Å²) in [4.78, 5) is 48.5. The predicted octanol–water partition coefficient (Wildman–Crippen LogP) is 3.55. The van der Waals surface area contributed by atoms with Gasteiger partial charge in [0.15, 0.2) is 0 Å². The number of furan rings is 1. The van der Waals surface area contributed by atoms with Crippen molar-refractivity contribution in [2.75, 3.05) is 7.11 Å². The molecule has 0 aliphatic carbocycles. The van der Waals surface area contributed by atoms with Crippen LogP contribution in [0.5, 0.6) is 0 Å². The zero-order valence-corrected chi connectivity index (χ0v) is 16.6. The molecule has 0 saturated carbocycles. The van der Waals surface area contributed by atoms with E-state index in [1.807, 2.05) is 6.92 Å². The molecule has 0 radical (unpaired) electrons. The van der Waals surface area contributed by atoms with Crippen molar-refractivity contribution in [2.45, 2.75) is 19.9 Å². The summed E-state index contributed by atoms with van der Waals surface area (Å²) in [6.07, 6.45) is 1.41. The van der Waals surface area contributed by atoms with Gasteiger partial charge in [-0.25, -0.2) is 9.59 Å². The Morgan fingerprint density at radius 3 is 2.62 bits per heavy atom. The Bertz CT molecular complexity index is 1050. The molecule has 8 nitrogen and oxygen atoms in total. The minimum atomic E-state index is -1.05. The Kier molecular flexibility index (Phi) is 5.60. The van der Waals surface area contributed by atoms with Crippen molar-refractivity contribution in [3.63, 3.8) is 0 Å². The number of carboxylic acid groups (broad SMARTS) is 1. The van der Waals surface area contributed by atoms with Crippen LogP contribution in [0, 0.1) is 6.92 Å². The molecule has 0 bridgehead atoms. The first kappa shape index (κ1) is 20.4. The van der Waals surface area contributed by atoms with Crippen molar-refractivity contribution in [3.8, 4) is 11.3 Å². The molecule has 1 fully saturated rings. The van der Waals surface area contributed by atoms with Crippen LogP contribution in [0.15, 0.2) is 39.7 Å². The molecule has 3 rings (SSSR count). The molecule has 1 aliphatic heterocycles. The number of hydrogen-bond acceptors (Lipinski definition) is 7. The third kappa shape index (κ3) is 3.95. The van der Waals surface area contributed by atoms with Gasteiger partial charge in [0.05, 0.1) is 17.6 Å². The summed E-state index contributed by atoms with van der Waals surface area (Å²) in [5, 5.41) is 8.60. The summed E-state index contributed by atoms with van der Waals surface area (Å²) in [6, 6.07) is 6.92. The number of rotatable bonds is 5. The van der Waals surface area contributed by atoms with Crippen molar-refractivity contribution in [2.24, 2.45) is 0 Å². The van der Waals surface area contributed by atoms with Crippen molar-refractivity contribution < 1.29 is 33.4 Å². The molecule has 1 unspecified atom stereocenters. The van der Waals surface area contributed by atoms with Crippen LogP contribution in [0.1, 0.15) is 28.6 Å². The van der Waals surface area contributed by atoms with Gasteiger partial charge in [-0.15, -0.1) is 0 Å². The number of ether oxygens (including phenoxy) is 1. The van der Waals surface area contributed by atoms with Crippen LogP contribution >= 0.6 is 11.8 Å². The van der Waals surface area contributed by atoms with Crippen molar-refractivity contribution in [1.29, 1.82) is 0 Å². The van der Waals surface area contributed by atoms with Crippen molar-refractivity contribution in [1.82, 2.24) is 4.90 Å². The molecule has 29 heavy (non-hydrogen) atoms. The Hall–Kier alpha value is -3.33. The summed E-state index contributed by atoms with van der Waals surface area (Å²) >= 11 is 0.700. The van der Waals surface area contributed by atoms with Gasteiger partial charge in [-0.05, 0) is 55.4 Å². The van der Waals surface area contributed by atoms with Gasteiger partial charge in [0.2, 0.25) is 0 Å². The predicted molar refractivity (Wildman–Crippen MR) is 105 cm³/mol. The number of amides is 2. The Balaban J connectivity index is 1.89. The number of imide groups is 1. The lowest BCUT2D eigenvalue weighted by molar-refractivity contribution is -0.148. The lowest BCUT2D eigenvalue weighted by atomic mass is 10.0. The number of aryl methyl sites for hydroxylation is 1. The molecular weight excluding hydrogens is 398 g/mol. The maximum atomic E-state index is 12.5. The molecule has 2 heterocycles. The van der Waals surface area contributed by atoms with Crippen LogP contribution in [0.4, 0.5) is 4.79 Å². The van der Waals surface area contributed by atoms with Crippen LogP contribution in [-0.4, -0.2) is 46.2 Å². The molecule has 0 spiro atoms. The maximum Gasteiger partial charge on any atom is 0.335 e. The third-order valence-electron chi connectivity index (χ3n) is 4.40. The Morgan fingerprint density at radius 2 is 1.97 bits per heavy atom. The van der Waals surface area contributed by atoms with Gasteiger partial charge in [-0.3, -0.25) is 14.5 Å². The van der Waals surface area contributed by atoms with Gasteiger partial charge in [0, 0.05) is 11.6 Å². The van der Waals surface area contributed by atoms with E-state index >= 15 is 0 Å². The molecule has 1 aliphatic rings. The molecule has 2 aromatic rings. The average Bonchev–Trinajstić information content (AvgIpc) is 3.25. The molecule has 1 saturated heterocycles. The van der Waals surface area contributed by atoms with Crippen LogP contribution < -0.4 is 0 Å². The number of benzene rings is 1. The summed E-state index contributed by atoms with van der Waals surface area (Å²) in [5.41, 5.74) is 1.56. The zero-order chi connectivity index (χ0) is 21.3. The van der Waals surface area contributed by atoms with Gasteiger partial charge < -0.3 is 14.3 Å². The van der Waals surface area contributed by atoms with Crippen LogP contribution in [0.2, 0.25) is 0 Å². The first-order valence-electron chi connectivity index (χ1n) is 8.52. The molecule has 1 aromatic heterocycles. The van der Waals surface area contributed by atoms with E-state index in [2.05, 4.69) is 4.74 Å². The lowest BCUT2D eigenvalue weighted by Crippen LogP contribution is -2.42. The Labute approximate surface area is 170 Å². The number of methoxy groups -OCH3 is 1. The quantitative estimate of drug-likeness (QED) is 0.582. The molecule has 1 N–H and O–H groups in total. The minimum Gasteiger partial charge on any atom is -0.478 e. The van der Waals surface area contributed by atoms with Crippen molar-refractivity contribution >= 4 is 40.9 Å². The fourth-order valence-corrected chi connectivity index (χ4v) is 3.70. The minimum absolute atomic E-state index is 0.114. The normalized spacial score (nSPS) is 16.4. The van der Waals surface area contributed by atoms with E-state index in [4.69, 9.17) is 4.42 Å². The van der Waals surface area contributed by atoms with Gasteiger partial charge in [-0.1, -0.05) is 6.07 Å². The van der Waals surface area contributed by atoms with Gasteiger partial charge in [0.25, 0.3) is 11.1 Å². The number of carbonyl (C=O) groups excluding carboxylic acids is 3. The third-order valence-corrected chi connectivity index (χ3v) is 5.29. The van der Waals surface area contributed by atoms with E-state index in [-0.39, 0.29) is 10.5 Å². The van der Waals surface area contributed by atoms with E-state index in [0.717, 1.165) is 10.5 Å². The fourth-order valence-electron chi connectivity index (χ4n) is 2.81. The summed E-state index contributed by atoms with van der Waals surface area (Å²) in [7, 11) is 1.18. The number of aromatic carboxylic acids is 1. The fraction of sp³-hybridized carbons (Fsp3) is 0.200. The highest BCUT2D eigenvalue weighted by Gasteiger charge is 2.41. The number of thioether (sulfide) groups is 1. The molecule has 2 amide bonds. The van der Waals surface area contributed by atoms with Crippen LogP contribution in [-0.2, 0) is 14.3 Å². The summed E-state index contributed by atoms with van der Waals surface area (Å²) < 4.78 is 10.3. The first-order chi connectivity index (χ1) is 13.7. The highest BCUT2D eigenvalue weighted by molar-refractivity contribution is 8.18. The van der Waals surface area contributed by atoms with E-state index in [1.54, 1.807) is 18.2 Å². The first-order valence-corrected chi connectivity index (χ1v) is 9.33. The highest BCUT2D eigenvalue weighted by Crippen LogP contribution is 2.35. The molecule has 1 atom stereocenters. The van der Waals surface area contributed by atoms with Crippen LogP contribution in [0.25, 0.3) is 17.4 Å². The Morgan fingerprint density at radius 1 is 1.24 bits per heavy atom. The SMILES string of the molecule is COC(=O)C(C)N1C(=O)S/C(=C\c2ccc(-c3cc(C(=O)O)ccc3C)o2)C1=O. The number of hydrogen-bond donors (Lipinski definition) is 1. The lowest BCUT2D eigenvalue weighted by Gasteiger charge is -2.18. The summed E-state index contributed by atoms with van der Waals surface area (Å²) in [5.74, 6) is -1.61. The summed E-state index contributed by atoms with van der Waals surface area (Å²) in [6.45, 7) is 3.23. The smallest absolute Gasteiger partial charge is 0.335 e. The second kappa shape index (κ2) is 7.96. The van der Waals surface area contributed by atoms with Crippen LogP contribution in [0.3, 0.4) is 0 Å². The molecule has 1 aromatic carbocycles. The van der Waals surface area contributed by atoms with E-state index in [9.17, 15) is 24.3 Å². The molecular formula is C20H17NO7S. The van der Waals surface area contributed by atoms with Gasteiger partial charge in [-0.2, -0.15) is 0 Å². The monoisotopic (exact) mass is 415 g/mol. The van der Waals surface area contributed by atoms with E-state index in [1.165, 1.54) is 32.2 Å². The van der Waals surface area contributed by atoms with Gasteiger partial charge >= 0.3 is 11.9 Å².